The number of carbonyl (C=O) groups excluding carboxylic acids is 1. The number of rotatable bonds is 4. The van der Waals surface area contributed by atoms with E-state index < -0.39 is 0 Å². The molecule has 0 atom stereocenters. The maximum absolute atomic E-state index is 12.6. The Balaban J connectivity index is 1.23. The van der Waals surface area contributed by atoms with Crippen molar-refractivity contribution >= 4 is 17.2 Å². The predicted octanol–water partition coefficient (Wildman–Crippen LogP) is 3.58. The van der Waals surface area contributed by atoms with E-state index in [9.17, 15) is 4.79 Å². The summed E-state index contributed by atoms with van der Waals surface area (Å²) in [6.07, 6.45) is 4.52. The van der Waals surface area contributed by atoms with Gasteiger partial charge in [0, 0.05) is 35.6 Å². The summed E-state index contributed by atoms with van der Waals surface area (Å²) in [5.74, 6) is 0.713. The Kier molecular flexibility index (Phi) is 3.45. The molecule has 0 N–H and O–H groups in total. The topological polar surface area (TPSA) is 51.0 Å². The molecule has 0 radical (unpaired) electrons. The minimum Gasteiger partial charge on any atom is -0.334 e. The highest BCUT2D eigenvalue weighted by Gasteiger charge is 2.34. The van der Waals surface area contributed by atoms with Crippen LogP contribution in [0.4, 0.5) is 0 Å². The lowest BCUT2D eigenvalue weighted by Gasteiger charge is -2.38. The minimum absolute atomic E-state index is 0.0940. The third kappa shape index (κ3) is 2.76. The van der Waals surface area contributed by atoms with Gasteiger partial charge in [-0.25, -0.2) is 4.68 Å². The second kappa shape index (κ2) is 5.81. The molecule has 1 aliphatic heterocycles. The van der Waals surface area contributed by atoms with Gasteiger partial charge in [0.1, 0.15) is 0 Å². The fourth-order valence-electron chi connectivity index (χ4n) is 3.23. The average molecular weight is 350 g/mol. The van der Waals surface area contributed by atoms with Crippen molar-refractivity contribution in [2.45, 2.75) is 24.8 Å². The molecule has 3 aromatic rings. The van der Waals surface area contributed by atoms with Gasteiger partial charge in [0.15, 0.2) is 0 Å². The monoisotopic (exact) mass is 350 g/mol. The van der Waals surface area contributed by atoms with Gasteiger partial charge in [-0.3, -0.25) is 4.79 Å². The Morgan fingerprint density at radius 3 is 2.60 bits per heavy atom. The van der Waals surface area contributed by atoms with Crippen molar-refractivity contribution in [2.75, 3.05) is 13.1 Å². The molecule has 126 valence electrons. The van der Waals surface area contributed by atoms with E-state index in [1.54, 1.807) is 11.3 Å². The highest BCUT2D eigenvalue weighted by Crippen LogP contribution is 2.39. The first-order valence-corrected chi connectivity index (χ1v) is 9.51. The second-order valence-corrected chi connectivity index (χ2v) is 7.76. The van der Waals surface area contributed by atoms with Gasteiger partial charge in [0.25, 0.3) is 5.91 Å². The number of aromatic nitrogens is 3. The van der Waals surface area contributed by atoms with Crippen molar-refractivity contribution in [1.29, 1.82) is 0 Å². The normalized spacial score (nSPS) is 17.5. The van der Waals surface area contributed by atoms with Crippen LogP contribution in [-0.4, -0.2) is 38.9 Å². The Labute approximate surface area is 149 Å². The Hall–Kier alpha value is -2.47. The smallest absolute Gasteiger partial charge is 0.253 e. The summed E-state index contributed by atoms with van der Waals surface area (Å²) in [7, 11) is 0. The van der Waals surface area contributed by atoms with E-state index >= 15 is 0 Å². The number of likely N-dealkylation sites (tertiary alicyclic amines) is 1. The van der Waals surface area contributed by atoms with E-state index in [0.717, 1.165) is 16.8 Å². The summed E-state index contributed by atoms with van der Waals surface area (Å²) in [6, 6.07) is 12.3. The first kappa shape index (κ1) is 14.8. The van der Waals surface area contributed by atoms with Crippen LogP contribution in [0.3, 0.4) is 0 Å². The van der Waals surface area contributed by atoms with Crippen molar-refractivity contribution < 1.29 is 4.79 Å². The summed E-state index contributed by atoms with van der Waals surface area (Å²) >= 11 is 1.71. The standard InChI is InChI=1S/C19H18N4OS/c24-19(15-7-5-14(6-8-15)18-2-1-9-25-18)22-10-16(11-22)23-12-17(20-21-23)13-3-4-13/h1-2,5-9,12-13,16H,3-4,10-11H2. The van der Waals surface area contributed by atoms with Crippen LogP contribution in [0, 0.1) is 0 Å². The molecule has 5 nitrogen and oxygen atoms in total. The third-order valence-electron chi connectivity index (χ3n) is 4.98. The molecular formula is C19H18N4OS. The van der Waals surface area contributed by atoms with Crippen LogP contribution in [0.5, 0.6) is 0 Å². The largest absolute Gasteiger partial charge is 0.334 e. The van der Waals surface area contributed by atoms with Crippen molar-refractivity contribution in [1.82, 2.24) is 19.9 Å². The minimum atomic E-state index is 0.0940. The molecule has 2 aromatic heterocycles. The highest BCUT2D eigenvalue weighted by atomic mass is 32.1. The number of thiophene rings is 1. The van der Waals surface area contributed by atoms with Crippen LogP contribution in [-0.2, 0) is 0 Å². The molecule has 2 fully saturated rings. The molecule has 3 heterocycles. The van der Waals surface area contributed by atoms with Gasteiger partial charge in [-0.2, -0.15) is 0 Å². The molecule has 1 saturated heterocycles. The van der Waals surface area contributed by atoms with Crippen LogP contribution in [0.1, 0.15) is 40.9 Å². The summed E-state index contributed by atoms with van der Waals surface area (Å²) in [5, 5.41) is 10.6. The van der Waals surface area contributed by atoms with E-state index in [1.165, 1.54) is 17.7 Å². The number of hydrogen-bond acceptors (Lipinski definition) is 4. The molecule has 1 aromatic carbocycles. The van der Waals surface area contributed by atoms with E-state index in [1.807, 2.05) is 39.9 Å². The highest BCUT2D eigenvalue weighted by molar-refractivity contribution is 7.13. The van der Waals surface area contributed by atoms with Gasteiger partial charge < -0.3 is 4.90 Å². The molecular weight excluding hydrogens is 332 g/mol. The molecule has 0 unspecified atom stereocenters. The van der Waals surface area contributed by atoms with Crippen LogP contribution >= 0.6 is 11.3 Å². The number of hydrogen-bond donors (Lipinski definition) is 0. The van der Waals surface area contributed by atoms with Crippen LogP contribution in [0.2, 0.25) is 0 Å². The fourth-order valence-corrected chi connectivity index (χ4v) is 3.96. The molecule has 0 spiro atoms. The Morgan fingerprint density at radius 1 is 1.12 bits per heavy atom. The molecule has 1 saturated carbocycles. The molecule has 25 heavy (non-hydrogen) atoms. The number of benzene rings is 1. The predicted molar refractivity (Wildman–Crippen MR) is 96.7 cm³/mol. The van der Waals surface area contributed by atoms with E-state index in [-0.39, 0.29) is 11.9 Å². The zero-order valence-electron chi connectivity index (χ0n) is 13.7. The zero-order valence-corrected chi connectivity index (χ0v) is 14.5. The fraction of sp³-hybridized carbons (Fsp3) is 0.316. The first-order valence-electron chi connectivity index (χ1n) is 8.63. The maximum atomic E-state index is 12.6. The van der Waals surface area contributed by atoms with Gasteiger partial charge in [-0.1, -0.05) is 23.4 Å². The molecule has 1 amide bonds. The van der Waals surface area contributed by atoms with Gasteiger partial charge in [-0.15, -0.1) is 16.4 Å². The van der Waals surface area contributed by atoms with Crippen molar-refractivity contribution in [2.24, 2.45) is 0 Å². The van der Waals surface area contributed by atoms with Crippen molar-refractivity contribution in [3.05, 3.63) is 59.2 Å². The van der Waals surface area contributed by atoms with Crippen LogP contribution < -0.4 is 0 Å². The molecule has 2 aliphatic rings. The molecule has 5 rings (SSSR count). The SMILES string of the molecule is O=C(c1ccc(-c2cccs2)cc1)N1CC(n2cc(C3CC3)nn2)C1. The molecule has 6 heteroatoms. The first-order chi connectivity index (χ1) is 12.3. The van der Waals surface area contributed by atoms with Gasteiger partial charge >= 0.3 is 0 Å². The second-order valence-electron chi connectivity index (χ2n) is 6.82. The number of carbonyl (C=O) groups is 1. The maximum Gasteiger partial charge on any atom is 0.253 e. The average Bonchev–Trinajstić information content (AvgIpc) is 3.10. The number of nitrogens with zero attached hydrogens (tertiary/aromatic N) is 4. The zero-order chi connectivity index (χ0) is 16.8. The lowest BCUT2D eigenvalue weighted by Crippen LogP contribution is -2.50. The van der Waals surface area contributed by atoms with Crippen molar-refractivity contribution in [3.8, 4) is 10.4 Å². The number of amides is 1. The van der Waals surface area contributed by atoms with E-state index in [0.29, 0.717) is 19.0 Å². The van der Waals surface area contributed by atoms with Crippen molar-refractivity contribution in [3.63, 3.8) is 0 Å². The van der Waals surface area contributed by atoms with Gasteiger partial charge in [0.05, 0.1) is 11.7 Å². The molecule has 0 bridgehead atoms. The molecule has 1 aliphatic carbocycles. The lowest BCUT2D eigenvalue weighted by molar-refractivity contribution is 0.0498. The van der Waals surface area contributed by atoms with Crippen LogP contribution in [0.15, 0.2) is 48.0 Å². The lowest BCUT2D eigenvalue weighted by atomic mass is 10.1. The van der Waals surface area contributed by atoms with E-state index in [4.69, 9.17) is 0 Å². The summed E-state index contributed by atoms with van der Waals surface area (Å²) in [4.78, 5) is 15.7. The van der Waals surface area contributed by atoms with Gasteiger partial charge in [-0.05, 0) is 42.0 Å². The van der Waals surface area contributed by atoms with E-state index in [2.05, 4.69) is 28.0 Å². The third-order valence-corrected chi connectivity index (χ3v) is 5.90. The van der Waals surface area contributed by atoms with Gasteiger partial charge in [0.2, 0.25) is 0 Å². The summed E-state index contributed by atoms with van der Waals surface area (Å²) in [5.41, 5.74) is 3.01. The Bertz CT molecular complexity index is 890. The van der Waals surface area contributed by atoms with Crippen LogP contribution in [0.25, 0.3) is 10.4 Å². The Morgan fingerprint density at radius 2 is 1.92 bits per heavy atom. The summed E-state index contributed by atoms with van der Waals surface area (Å²) < 4.78 is 1.93. The summed E-state index contributed by atoms with van der Waals surface area (Å²) in [6.45, 7) is 1.41. The quantitative estimate of drug-likeness (QED) is 0.723.